The van der Waals surface area contributed by atoms with Crippen molar-refractivity contribution in [2.24, 2.45) is 0 Å². The zero-order valence-electron chi connectivity index (χ0n) is 35.3. The number of fused-ring (bicyclic) bond motifs is 12. The van der Waals surface area contributed by atoms with Crippen LogP contribution in [-0.4, -0.2) is 76.6 Å². The molecule has 0 unspecified atom stereocenters. The van der Waals surface area contributed by atoms with Gasteiger partial charge in [-0.1, -0.05) is 24.3 Å². The minimum atomic E-state index is -0.492. The van der Waals surface area contributed by atoms with Gasteiger partial charge in [-0.15, -0.1) is 0 Å². The molecule has 0 radical (unpaired) electrons. The molecule has 9 N–H and O–H groups in total. The summed E-state index contributed by atoms with van der Waals surface area (Å²) in [4.78, 5) is 50.0. The maximum absolute atomic E-state index is 11.3. The lowest BCUT2D eigenvalue weighted by atomic mass is 10.00. The van der Waals surface area contributed by atoms with E-state index < -0.39 is 23.6 Å². The van der Waals surface area contributed by atoms with Gasteiger partial charge in [0.15, 0.2) is 0 Å². The maximum atomic E-state index is 11.3. The number of nitrogens with zero attached hydrogens (tertiary/aromatic N) is 4. The van der Waals surface area contributed by atoms with Crippen molar-refractivity contribution in [1.29, 1.82) is 0 Å². The van der Waals surface area contributed by atoms with Gasteiger partial charge >= 0.3 is 0 Å². The van der Waals surface area contributed by atoms with Gasteiger partial charge in [0.2, 0.25) is 0 Å². The number of carbonyl (C=O) groups excluding carboxylic acids is 4. The summed E-state index contributed by atoms with van der Waals surface area (Å²) >= 11 is 0. The first kappa shape index (κ1) is 43.1. The Labute approximate surface area is 373 Å². The molecule has 2 aromatic heterocycles. The summed E-state index contributed by atoms with van der Waals surface area (Å²) in [7, 11) is 0. The van der Waals surface area contributed by atoms with Gasteiger partial charge in [0.25, 0.3) is 23.6 Å². The lowest BCUT2D eigenvalue weighted by molar-refractivity contribution is 0.0702. The third-order valence-electron chi connectivity index (χ3n) is 13.1. The largest absolute Gasteiger partial charge is 0.343 e. The summed E-state index contributed by atoms with van der Waals surface area (Å²) in [5.74, 6) is -1.84. The quantitative estimate of drug-likeness (QED) is 0.0750. The number of rotatable bonds is 4. The second-order valence-electron chi connectivity index (χ2n) is 16.7. The van der Waals surface area contributed by atoms with Gasteiger partial charge in [0, 0.05) is 83.2 Å². The topological polar surface area (TPSA) is 226 Å². The third kappa shape index (κ3) is 8.51. The molecule has 6 aliphatic heterocycles. The smallest absolute Gasteiger partial charge is 0.274 e. The van der Waals surface area contributed by atoms with Crippen molar-refractivity contribution < 1.29 is 40.0 Å². The van der Waals surface area contributed by atoms with Crippen molar-refractivity contribution in [3.05, 3.63) is 165 Å². The highest BCUT2D eigenvalue weighted by molar-refractivity contribution is 5.96. The van der Waals surface area contributed by atoms with E-state index >= 15 is 0 Å². The highest BCUT2D eigenvalue weighted by Crippen LogP contribution is 2.42. The van der Waals surface area contributed by atoms with Crippen LogP contribution >= 0.6 is 0 Å². The van der Waals surface area contributed by atoms with E-state index in [0.29, 0.717) is 40.9 Å². The fourth-order valence-electron chi connectivity index (χ4n) is 9.98. The van der Waals surface area contributed by atoms with Crippen molar-refractivity contribution in [3.8, 4) is 22.5 Å². The molecular weight excluding hydrogens is 831 g/mol. The van der Waals surface area contributed by atoms with Crippen LogP contribution in [0.5, 0.6) is 0 Å². The van der Waals surface area contributed by atoms with Crippen LogP contribution < -0.4 is 27.3 Å². The SMILES string of the molecule is O=C(NO)c1ccc2c(c1)CN1CCC[C@@H]21.O=C(NO)c1ccc2c(c1)CN1CCC[C@H]21.O=C(NO)c1ccc2c(c1)CNn1cccc1-2.O=C(NO)c1ccc2c(c1)Cn1cccc1-2. The van der Waals surface area contributed by atoms with Crippen molar-refractivity contribution in [2.75, 3.05) is 18.5 Å². The van der Waals surface area contributed by atoms with E-state index in [1.807, 2.05) is 77.7 Å². The molecule has 17 nitrogen and oxygen atoms in total. The van der Waals surface area contributed by atoms with Crippen LogP contribution in [0.2, 0.25) is 0 Å². The number of nitrogens with one attached hydrogen (secondary N) is 5. The molecule has 12 rings (SSSR count). The van der Waals surface area contributed by atoms with E-state index in [4.69, 9.17) is 20.8 Å². The van der Waals surface area contributed by atoms with Gasteiger partial charge in [-0.3, -0.25) is 54.5 Å². The third-order valence-corrected chi connectivity index (χ3v) is 13.1. The minimum absolute atomic E-state index is 0.435. The fraction of sp³-hybridized carbons (Fsp3) is 0.250. The van der Waals surface area contributed by atoms with Crippen LogP contribution in [-0.2, 0) is 26.2 Å². The Morgan fingerprint density at radius 2 is 0.954 bits per heavy atom. The van der Waals surface area contributed by atoms with Crippen molar-refractivity contribution in [2.45, 2.75) is 63.9 Å². The molecule has 0 aliphatic carbocycles. The fourth-order valence-corrected chi connectivity index (χ4v) is 9.98. The molecule has 2 atom stereocenters. The van der Waals surface area contributed by atoms with Gasteiger partial charge in [-0.2, -0.15) is 0 Å². The Bertz CT molecular complexity index is 2720. The molecule has 0 saturated carbocycles. The molecule has 4 amide bonds. The van der Waals surface area contributed by atoms with E-state index in [2.05, 4.69) is 25.9 Å². The van der Waals surface area contributed by atoms with E-state index in [9.17, 15) is 19.2 Å². The number of hydrogen-bond donors (Lipinski definition) is 9. The monoisotopic (exact) mass is 879 g/mol. The number of amides is 4. The van der Waals surface area contributed by atoms with Crippen molar-refractivity contribution in [3.63, 3.8) is 0 Å². The standard InChI is InChI=1S/C12H11N3O2.2C12H14N2O2.C12H10N2O2/c16-12(14-17)8-3-4-10-9(6-8)7-13-15-5-1-2-11(10)15;3*15-12(13-16)8-3-4-10-9(6-8)7-14-5-1-2-11(10)14/h1-6,13,17H,7H2,(H,14,16);2*3-4,6,11,16H,1-2,5,7H2,(H,13,15);1-6,16H,7H2,(H,13,15)/t;2*11-;/m.10./s1. The van der Waals surface area contributed by atoms with E-state index in [0.717, 1.165) is 60.7 Å². The first-order valence-corrected chi connectivity index (χ1v) is 21.5. The zero-order valence-corrected chi connectivity index (χ0v) is 35.3. The molecule has 2 saturated heterocycles. The molecule has 8 heterocycles. The Balaban J connectivity index is 0.000000109. The molecule has 2 fully saturated rings. The molecule has 0 bridgehead atoms. The number of hydrogen-bond acceptors (Lipinski definition) is 11. The van der Waals surface area contributed by atoms with Crippen LogP contribution in [0.4, 0.5) is 0 Å². The first-order valence-electron chi connectivity index (χ1n) is 21.5. The summed E-state index contributed by atoms with van der Waals surface area (Å²) in [5, 5.41) is 34.3. The summed E-state index contributed by atoms with van der Waals surface area (Å²) < 4.78 is 4.08. The Kier molecular flexibility index (Phi) is 12.3. The van der Waals surface area contributed by atoms with Crippen LogP contribution in [0, 0.1) is 0 Å². The van der Waals surface area contributed by atoms with Gasteiger partial charge < -0.3 is 9.99 Å². The number of aromatic nitrogens is 2. The predicted octanol–water partition coefficient (Wildman–Crippen LogP) is 5.88. The normalized spacial score (nSPS) is 17.5. The van der Waals surface area contributed by atoms with Crippen LogP contribution in [0.3, 0.4) is 0 Å². The Morgan fingerprint density at radius 3 is 1.48 bits per heavy atom. The minimum Gasteiger partial charge on any atom is -0.343 e. The van der Waals surface area contributed by atoms with Crippen LogP contribution in [0.15, 0.2) is 109 Å². The highest BCUT2D eigenvalue weighted by Gasteiger charge is 2.35. The second-order valence-corrected chi connectivity index (χ2v) is 16.7. The summed E-state index contributed by atoms with van der Waals surface area (Å²) in [6.07, 6.45) is 8.94. The summed E-state index contributed by atoms with van der Waals surface area (Å²) in [6, 6.07) is 31.4. The van der Waals surface area contributed by atoms with Crippen molar-refractivity contribution >= 4 is 23.6 Å². The molecule has 0 spiro atoms. The van der Waals surface area contributed by atoms with Gasteiger partial charge in [0.1, 0.15) is 0 Å². The predicted molar refractivity (Wildman–Crippen MR) is 237 cm³/mol. The highest BCUT2D eigenvalue weighted by atomic mass is 16.5. The Hall–Kier alpha value is -7.12. The summed E-state index contributed by atoms with van der Waals surface area (Å²) in [5.41, 5.74) is 23.6. The molecule has 334 valence electrons. The second kappa shape index (κ2) is 18.5. The Morgan fingerprint density at radius 1 is 0.508 bits per heavy atom. The van der Waals surface area contributed by atoms with Crippen LogP contribution in [0.25, 0.3) is 22.5 Å². The van der Waals surface area contributed by atoms with E-state index in [1.54, 1.807) is 52.3 Å². The number of benzene rings is 4. The average molecular weight is 880 g/mol. The lowest BCUT2D eigenvalue weighted by Crippen LogP contribution is -2.22. The number of carbonyl (C=O) groups is 4. The summed E-state index contributed by atoms with van der Waals surface area (Å²) in [6.45, 7) is 5.62. The first-order chi connectivity index (χ1) is 31.7. The van der Waals surface area contributed by atoms with Gasteiger partial charge in [-0.05, 0) is 145 Å². The zero-order chi connectivity index (χ0) is 45.2. The molecule has 6 aromatic rings. The van der Waals surface area contributed by atoms with Crippen LogP contribution in [0.1, 0.15) is 113 Å². The molecule has 65 heavy (non-hydrogen) atoms. The molecule has 4 aromatic carbocycles. The molecular formula is C48H49N9O8. The van der Waals surface area contributed by atoms with E-state index in [-0.39, 0.29) is 0 Å². The van der Waals surface area contributed by atoms with Crippen molar-refractivity contribution in [1.82, 2.24) is 41.0 Å². The molecule has 6 aliphatic rings. The lowest BCUT2D eigenvalue weighted by Gasteiger charge is -2.21. The van der Waals surface area contributed by atoms with E-state index in [1.165, 1.54) is 53.6 Å². The van der Waals surface area contributed by atoms with Gasteiger partial charge in [-0.25, -0.2) is 21.9 Å². The molecule has 17 heteroatoms. The average Bonchev–Trinajstić information content (AvgIpc) is 4.21. The number of hydroxylamine groups is 4. The van der Waals surface area contributed by atoms with Gasteiger partial charge in [0.05, 0.1) is 12.2 Å². The maximum Gasteiger partial charge on any atom is 0.274 e.